The average Bonchev–Trinajstić information content (AvgIpc) is 3.49. The van der Waals surface area contributed by atoms with Crippen LogP contribution in [0, 0.1) is 12.8 Å². The fourth-order valence-corrected chi connectivity index (χ4v) is 5.80. The lowest BCUT2D eigenvalue weighted by Gasteiger charge is -2.32. The molecular weight excluding hydrogens is 608 g/mol. The van der Waals surface area contributed by atoms with Gasteiger partial charge < -0.3 is 29.7 Å². The highest BCUT2D eigenvalue weighted by molar-refractivity contribution is 5.99. The fourth-order valence-electron chi connectivity index (χ4n) is 5.80. The quantitative estimate of drug-likeness (QED) is 0.171. The Morgan fingerprint density at radius 3 is 2.10 bits per heavy atom. The Kier molecular flexibility index (Phi) is 10.5. The van der Waals surface area contributed by atoms with Crippen LogP contribution in [0.2, 0.25) is 0 Å². The lowest BCUT2D eigenvalue weighted by molar-refractivity contribution is 0.182. The van der Waals surface area contributed by atoms with Gasteiger partial charge in [-0.15, -0.1) is 0 Å². The molecule has 48 heavy (non-hydrogen) atoms. The SMILES string of the molecule is COc1cc(NC(=O)N2CCC(Cc3cccc(NC(=O)Nc4cc(C(C)(C)C)nn4-c4ccc(C)cc4)c3)CC2)cc(OC)c1OC. The van der Waals surface area contributed by atoms with Crippen LogP contribution in [-0.2, 0) is 11.8 Å². The summed E-state index contributed by atoms with van der Waals surface area (Å²) < 4.78 is 18.0. The molecule has 1 fully saturated rings. The molecule has 5 rings (SSSR count). The second-order valence-electron chi connectivity index (χ2n) is 13.2. The van der Waals surface area contributed by atoms with Crippen molar-refractivity contribution in [2.24, 2.45) is 5.92 Å². The first-order chi connectivity index (χ1) is 23.0. The normalized spacial score (nSPS) is 13.5. The summed E-state index contributed by atoms with van der Waals surface area (Å²) in [5.41, 5.74) is 5.13. The monoisotopic (exact) mass is 654 g/mol. The smallest absolute Gasteiger partial charge is 0.324 e. The van der Waals surface area contributed by atoms with Gasteiger partial charge in [0.25, 0.3) is 0 Å². The first-order valence-electron chi connectivity index (χ1n) is 16.2. The number of carbonyl (C=O) groups is 2. The summed E-state index contributed by atoms with van der Waals surface area (Å²) in [6, 6.07) is 20.8. The number of hydrogen-bond acceptors (Lipinski definition) is 6. The number of aromatic nitrogens is 2. The first kappa shape index (κ1) is 34.2. The predicted octanol–water partition coefficient (Wildman–Crippen LogP) is 7.63. The first-order valence-corrected chi connectivity index (χ1v) is 16.2. The van der Waals surface area contributed by atoms with E-state index in [1.54, 1.807) is 38.1 Å². The molecule has 4 amide bonds. The van der Waals surface area contributed by atoms with Crippen LogP contribution >= 0.6 is 0 Å². The van der Waals surface area contributed by atoms with Crippen molar-refractivity contribution in [2.45, 2.75) is 52.4 Å². The Morgan fingerprint density at radius 1 is 0.833 bits per heavy atom. The van der Waals surface area contributed by atoms with E-state index in [4.69, 9.17) is 19.3 Å². The van der Waals surface area contributed by atoms with E-state index in [1.165, 1.54) is 0 Å². The molecule has 0 unspecified atom stereocenters. The number of aryl methyl sites for hydroxylation is 1. The molecule has 0 spiro atoms. The molecule has 0 radical (unpaired) electrons. The van der Waals surface area contributed by atoms with Gasteiger partial charge in [-0.05, 0) is 61.9 Å². The van der Waals surface area contributed by atoms with Gasteiger partial charge in [-0.2, -0.15) is 5.10 Å². The second-order valence-corrected chi connectivity index (χ2v) is 13.2. The zero-order valence-corrected chi connectivity index (χ0v) is 28.8. The van der Waals surface area contributed by atoms with Crippen molar-refractivity contribution in [3.05, 3.63) is 83.6 Å². The van der Waals surface area contributed by atoms with Crippen molar-refractivity contribution in [3.63, 3.8) is 0 Å². The third kappa shape index (κ3) is 8.20. The van der Waals surface area contributed by atoms with E-state index in [-0.39, 0.29) is 17.5 Å². The molecule has 1 saturated heterocycles. The van der Waals surface area contributed by atoms with Gasteiger partial charge in [0.15, 0.2) is 11.5 Å². The van der Waals surface area contributed by atoms with E-state index in [2.05, 4.69) is 42.8 Å². The number of piperidine rings is 1. The van der Waals surface area contributed by atoms with Gasteiger partial charge in [0.1, 0.15) is 5.82 Å². The summed E-state index contributed by atoms with van der Waals surface area (Å²) in [7, 11) is 4.63. The summed E-state index contributed by atoms with van der Waals surface area (Å²) in [6.07, 6.45) is 2.61. The Hall–Kier alpha value is -5.19. The maximum atomic E-state index is 13.2. The summed E-state index contributed by atoms with van der Waals surface area (Å²) in [5.74, 6) is 2.43. The van der Waals surface area contributed by atoms with Crippen molar-refractivity contribution < 1.29 is 23.8 Å². The number of anilines is 3. The topological polar surface area (TPSA) is 119 Å². The Balaban J connectivity index is 1.17. The molecular formula is C37H46N6O5. The van der Waals surface area contributed by atoms with E-state index in [9.17, 15) is 9.59 Å². The zero-order chi connectivity index (χ0) is 34.4. The fraction of sp³-hybridized carbons (Fsp3) is 0.378. The van der Waals surface area contributed by atoms with Crippen LogP contribution < -0.4 is 30.2 Å². The number of urea groups is 2. The third-order valence-electron chi connectivity index (χ3n) is 8.52. The Bertz CT molecular complexity index is 1710. The van der Waals surface area contributed by atoms with Crippen LogP contribution in [0.5, 0.6) is 17.2 Å². The Labute approximate surface area is 282 Å². The van der Waals surface area contributed by atoms with E-state index < -0.39 is 0 Å². The number of nitrogens with zero attached hydrogens (tertiary/aromatic N) is 3. The molecule has 0 bridgehead atoms. The highest BCUT2D eigenvalue weighted by atomic mass is 16.5. The maximum absolute atomic E-state index is 13.2. The summed E-state index contributed by atoms with van der Waals surface area (Å²) in [5, 5.41) is 13.8. The number of likely N-dealkylation sites (tertiary alicyclic amines) is 1. The van der Waals surface area contributed by atoms with Crippen molar-refractivity contribution >= 4 is 29.3 Å². The standard InChI is InChI=1S/C37H46N6O5/c1-24-11-13-29(14-12-24)43-33(23-32(41-43)37(2,3)4)40-35(44)38-27-10-8-9-26(20-27)19-25-15-17-42(18-16-25)36(45)39-28-21-30(46-5)34(48-7)31(22-28)47-6/h8-14,20-23,25H,15-19H2,1-7H3,(H,39,45)(H2,38,40,44). The molecule has 3 N–H and O–H groups in total. The molecule has 0 saturated carbocycles. The van der Waals surface area contributed by atoms with Gasteiger partial charge in [-0.25, -0.2) is 14.3 Å². The molecule has 11 heteroatoms. The number of hydrogen-bond donors (Lipinski definition) is 3. The van der Waals surface area contributed by atoms with Crippen LogP contribution in [0.25, 0.3) is 5.69 Å². The van der Waals surface area contributed by atoms with Gasteiger partial charge >= 0.3 is 12.1 Å². The van der Waals surface area contributed by atoms with E-state index >= 15 is 0 Å². The zero-order valence-electron chi connectivity index (χ0n) is 28.8. The number of ether oxygens (including phenoxy) is 3. The number of rotatable bonds is 9. The van der Waals surface area contributed by atoms with E-state index in [0.29, 0.717) is 53.4 Å². The minimum atomic E-state index is -0.340. The largest absolute Gasteiger partial charge is 0.493 e. The summed E-state index contributed by atoms with van der Waals surface area (Å²) in [6.45, 7) is 9.62. The average molecular weight is 655 g/mol. The molecule has 4 aromatic rings. The number of amides is 4. The molecule has 1 aromatic heterocycles. The van der Waals surface area contributed by atoms with E-state index in [1.807, 2.05) is 60.4 Å². The molecule has 2 heterocycles. The molecule has 1 aliphatic heterocycles. The van der Waals surface area contributed by atoms with Crippen molar-refractivity contribution in [1.82, 2.24) is 14.7 Å². The van der Waals surface area contributed by atoms with Crippen LogP contribution in [0.15, 0.2) is 66.7 Å². The van der Waals surface area contributed by atoms with E-state index in [0.717, 1.165) is 41.8 Å². The molecule has 11 nitrogen and oxygen atoms in total. The minimum Gasteiger partial charge on any atom is -0.493 e. The number of carbonyl (C=O) groups excluding carboxylic acids is 2. The van der Waals surface area contributed by atoms with Crippen molar-refractivity contribution in [3.8, 4) is 22.9 Å². The summed E-state index contributed by atoms with van der Waals surface area (Å²) >= 11 is 0. The molecule has 1 aliphatic rings. The minimum absolute atomic E-state index is 0.168. The van der Waals surface area contributed by atoms with Gasteiger partial charge in [0, 0.05) is 42.4 Å². The van der Waals surface area contributed by atoms with Gasteiger partial charge in [-0.1, -0.05) is 50.6 Å². The van der Waals surface area contributed by atoms with Crippen LogP contribution in [0.1, 0.15) is 50.4 Å². The lowest BCUT2D eigenvalue weighted by atomic mass is 9.90. The van der Waals surface area contributed by atoms with Gasteiger partial charge in [0.05, 0.1) is 38.4 Å². The highest BCUT2D eigenvalue weighted by Crippen LogP contribution is 2.40. The Morgan fingerprint density at radius 2 is 1.50 bits per heavy atom. The van der Waals surface area contributed by atoms with Crippen LogP contribution in [0.3, 0.4) is 0 Å². The van der Waals surface area contributed by atoms with Gasteiger partial charge in [0.2, 0.25) is 5.75 Å². The van der Waals surface area contributed by atoms with Crippen molar-refractivity contribution in [1.29, 1.82) is 0 Å². The lowest BCUT2D eigenvalue weighted by Crippen LogP contribution is -2.41. The van der Waals surface area contributed by atoms with Crippen LogP contribution in [0.4, 0.5) is 26.8 Å². The number of benzene rings is 3. The van der Waals surface area contributed by atoms with Crippen molar-refractivity contribution in [2.75, 3.05) is 50.4 Å². The highest BCUT2D eigenvalue weighted by Gasteiger charge is 2.25. The molecule has 0 aliphatic carbocycles. The molecule has 3 aromatic carbocycles. The van der Waals surface area contributed by atoms with Gasteiger partial charge in [-0.3, -0.25) is 5.32 Å². The maximum Gasteiger partial charge on any atom is 0.324 e. The second kappa shape index (κ2) is 14.7. The predicted molar refractivity (Wildman–Crippen MR) is 189 cm³/mol. The third-order valence-corrected chi connectivity index (χ3v) is 8.52. The summed E-state index contributed by atoms with van der Waals surface area (Å²) in [4.78, 5) is 28.1. The number of methoxy groups -OCH3 is 3. The molecule has 0 atom stereocenters. The number of nitrogens with one attached hydrogen (secondary N) is 3. The van der Waals surface area contributed by atoms with Crippen LogP contribution in [-0.4, -0.2) is 61.2 Å². The molecule has 254 valence electrons.